The highest BCUT2D eigenvalue weighted by Crippen LogP contribution is 2.07. The van der Waals surface area contributed by atoms with Gasteiger partial charge in [-0.05, 0) is 26.3 Å². The highest BCUT2D eigenvalue weighted by Gasteiger charge is 1.86. The van der Waals surface area contributed by atoms with Crippen LogP contribution in [0.15, 0.2) is 42.0 Å². The van der Waals surface area contributed by atoms with Gasteiger partial charge in [0.05, 0.1) is 0 Å². The van der Waals surface area contributed by atoms with Crippen LogP contribution in [0.25, 0.3) is 6.08 Å². The van der Waals surface area contributed by atoms with Gasteiger partial charge in [-0.3, -0.25) is 0 Å². The van der Waals surface area contributed by atoms with Crippen LogP contribution >= 0.6 is 0 Å². The maximum absolute atomic E-state index is 2.18. The average Bonchev–Trinajstić information content (AvgIpc) is 2.14. The fraction of sp³-hybridized carbons (Fsp3) is 0.231. The normalized spacial score (nSPS) is 12.4. The van der Waals surface area contributed by atoms with Gasteiger partial charge in [-0.25, -0.2) is 0 Å². The van der Waals surface area contributed by atoms with E-state index in [0.29, 0.717) is 0 Å². The van der Waals surface area contributed by atoms with Gasteiger partial charge >= 0.3 is 0 Å². The fourth-order valence-corrected chi connectivity index (χ4v) is 1.10. The highest BCUT2D eigenvalue weighted by molar-refractivity contribution is 5.53. The van der Waals surface area contributed by atoms with Crippen LogP contribution < -0.4 is 0 Å². The summed E-state index contributed by atoms with van der Waals surface area (Å²) in [5.41, 5.74) is 3.86. The zero-order chi connectivity index (χ0) is 9.68. The Bertz CT molecular complexity index is 330. The molecule has 0 aromatic heterocycles. The first-order valence-electron chi connectivity index (χ1n) is 4.60. The molecular weight excluding hydrogens is 156 g/mol. The molecule has 0 N–H and O–H groups in total. The molecule has 0 heteroatoms. The minimum atomic E-state index is 1.27. The molecule has 0 fully saturated rings. The van der Waals surface area contributed by atoms with Crippen LogP contribution in [0.4, 0.5) is 0 Å². The molecule has 0 radical (unpaired) electrons. The van der Waals surface area contributed by atoms with Crippen molar-refractivity contribution in [3.8, 4) is 0 Å². The lowest BCUT2D eigenvalue weighted by Gasteiger charge is -1.95. The standard InChI is InChI=1S/C13H16/c1-4-11(2)8-9-13-7-5-6-12(3)10-13/h4-10H,1-3H3/b9-8+,11-4-. The molecule has 0 saturated heterocycles. The molecule has 0 bridgehead atoms. The maximum Gasteiger partial charge on any atom is -0.0254 e. The number of hydrogen-bond donors (Lipinski definition) is 0. The van der Waals surface area contributed by atoms with E-state index in [1.807, 2.05) is 0 Å². The lowest BCUT2D eigenvalue weighted by molar-refractivity contribution is 1.45. The Balaban J connectivity index is 2.80. The molecule has 1 aromatic rings. The Kier molecular flexibility index (Phi) is 3.51. The topological polar surface area (TPSA) is 0 Å². The molecule has 0 heterocycles. The Morgan fingerprint density at radius 2 is 2.08 bits per heavy atom. The third-order valence-corrected chi connectivity index (χ3v) is 2.04. The monoisotopic (exact) mass is 172 g/mol. The van der Waals surface area contributed by atoms with Crippen LogP contribution in [-0.2, 0) is 0 Å². The van der Waals surface area contributed by atoms with Gasteiger partial charge in [0.2, 0.25) is 0 Å². The number of benzene rings is 1. The quantitative estimate of drug-likeness (QED) is 0.592. The van der Waals surface area contributed by atoms with E-state index in [1.165, 1.54) is 16.7 Å². The first-order chi connectivity index (χ1) is 6.22. The summed E-state index contributed by atoms with van der Waals surface area (Å²) < 4.78 is 0. The molecule has 0 unspecified atom stereocenters. The summed E-state index contributed by atoms with van der Waals surface area (Å²) in [6, 6.07) is 8.49. The summed E-state index contributed by atoms with van der Waals surface area (Å²) in [4.78, 5) is 0. The van der Waals surface area contributed by atoms with Gasteiger partial charge in [-0.15, -0.1) is 0 Å². The molecule has 1 aromatic carbocycles. The van der Waals surface area contributed by atoms with E-state index in [0.717, 1.165) is 0 Å². The van der Waals surface area contributed by atoms with Crippen molar-refractivity contribution in [1.29, 1.82) is 0 Å². The summed E-state index contributed by atoms with van der Waals surface area (Å²) in [6.45, 7) is 6.27. The van der Waals surface area contributed by atoms with Gasteiger partial charge in [0.15, 0.2) is 0 Å². The molecule has 68 valence electrons. The van der Waals surface area contributed by atoms with Crippen molar-refractivity contribution in [3.63, 3.8) is 0 Å². The second-order valence-electron chi connectivity index (χ2n) is 3.28. The Hall–Kier alpha value is -1.30. The average molecular weight is 172 g/mol. The van der Waals surface area contributed by atoms with E-state index in [1.54, 1.807) is 0 Å². The molecule has 0 aliphatic rings. The van der Waals surface area contributed by atoms with Gasteiger partial charge < -0.3 is 0 Å². The third-order valence-electron chi connectivity index (χ3n) is 2.04. The van der Waals surface area contributed by atoms with Crippen LogP contribution in [0.1, 0.15) is 25.0 Å². The summed E-state index contributed by atoms with van der Waals surface area (Å²) in [6.07, 6.45) is 6.38. The van der Waals surface area contributed by atoms with E-state index in [4.69, 9.17) is 0 Å². The molecule has 1 rings (SSSR count). The Morgan fingerprint density at radius 3 is 2.69 bits per heavy atom. The van der Waals surface area contributed by atoms with E-state index >= 15 is 0 Å². The van der Waals surface area contributed by atoms with Crippen LogP contribution in [0, 0.1) is 6.92 Å². The molecule has 0 atom stereocenters. The van der Waals surface area contributed by atoms with Crippen molar-refractivity contribution >= 4 is 6.08 Å². The van der Waals surface area contributed by atoms with Crippen molar-refractivity contribution in [2.75, 3.05) is 0 Å². The van der Waals surface area contributed by atoms with Crippen LogP contribution in [0.5, 0.6) is 0 Å². The Labute approximate surface area is 80.6 Å². The van der Waals surface area contributed by atoms with Crippen LogP contribution in [-0.4, -0.2) is 0 Å². The smallest absolute Gasteiger partial charge is 0.0254 e. The van der Waals surface area contributed by atoms with E-state index in [-0.39, 0.29) is 0 Å². The molecular formula is C13H16. The largest absolute Gasteiger partial charge is 0.0847 e. The van der Waals surface area contributed by atoms with E-state index in [9.17, 15) is 0 Å². The predicted molar refractivity (Wildman–Crippen MR) is 59.6 cm³/mol. The fourth-order valence-electron chi connectivity index (χ4n) is 1.10. The zero-order valence-electron chi connectivity index (χ0n) is 8.54. The van der Waals surface area contributed by atoms with Crippen molar-refractivity contribution < 1.29 is 0 Å². The minimum Gasteiger partial charge on any atom is -0.0847 e. The molecule has 0 aliphatic carbocycles. The second-order valence-corrected chi connectivity index (χ2v) is 3.28. The van der Waals surface area contributed by atoms with Gasteiger partial charge in [-0.1, -0.05) is 53.6 Å². The van der Waals surface area contributed by atoms with Gasteiger partial charge in [0, 0.05) is 0 Å². The third kappa shape index (κ3) is 3.29. The second kappa shape index (κ2) is 4.66. The summed E-state index contributed by atoms with van der Waals surface area (Å²) >= 11 is 0. The number of hydrogen-bond acceptors (Lipinski definition) is 0. The molecule has 13 heavy (non-hydrogen) atoms. The zero-order valence-corrected chi connectivity index (χ0v) is 8.54. The van der Waals surface area contributed by atoms with E-state index < -0.39 is 0 Å². The molecule has 0 nitrogen and oxygen atoms in total. The van der Waals surface area contributed by atoms with Gasteiger partial charge in [-0.2, -0.15) is 0 Å². The first kappa shape index (κ1) is 9.79. The lowest BCUT2D eigenvalue weighted by Crippen LogP contribution is -1.74. The molecule has 0 saturated carbocycles. The maximum atomic E-state index is 2.18. The van der Waals surface area contributed by atoms with E-state index in [2.05, 4.69) is 63.3 Å². The summed E-state index contributed by atoms with van der Waals surface area (Å²) in [7, 11) is 0. The Morgan fingerprint density at radius 1 is 1.31 bits per heavy atom. The van der Waals surface area contributed by atoms with Gasteiger partial charge in [0.25, 0.3) is 0 Å². The number of allylic oxidation sites excluding steroid dienone is 3. The van der Waals surface area contributed by atoms with Crippen molar-refractivity contribution in [1.82, 2.24) is 0 Å². The SMILES string of the molecule is C/C=C(C)\C=C\c1cccc(C)c1. The molecule has 0 spiro atoms. The van der Waals surface area contributed by atoms with Crippen LogP contribution in [0.3, 0.4) is 0 Å². The van der Waals surface area contributed by atoms with Crippen molar-refractivity contribution in [3.05, 3.63) is 53.1 Å². The van der Waals surface area contributed by atoms with Crippen LogP contribution in [0.2, 0.25) is 0 Å². The summed E-state index contributed by atoms with van der Waals surface area (Å²) in [5.74, 6) is 0. The number of rotatable bonds is 2. The minimum absolute atomic E-state index is 1.27. The predicted octanol–water partition coefficient (Wildman–Crippen LogP) is 3.97. The van der Waals surface area contributed by atoms with Crippen molar-refractivity contribution in [2.45, 2.75) is 20.8 Å². The first-order valence-corrected chi connectivity index (χ1v) is 4.60. The number of aryl methyl sites for hydroxylation is 1. The molecule has 0 aliphatic heterocycles. The lowest BCUT2D eigenvalue weighted by atomic mass is 10.1. The van der Waals surface area contributed by atoms with Crippen molar-refractivity contribution in [2.24, 2.45) is 0 Å². The molecule has 0 amide bonds. The highest BCUT2D eigenvalue weighted by atomic mass is 13.9. The van der Waals surface area contributed by atoms with Gasteiger partial charge in [0.1, 0.15) is 0 Å². The summed E-state index contributed by atoms with van der Waals surface area (Å²) in [5, 5.41) is 0.